The monoisotopic (exact) mass is 553 g/mol. The average molecular weight is 554 g/mol. The molecule has 1 unspecified atom stereocenters. The summed E-state index contributed by atoms with van der Waals surface area (Å²) >= 11 is 5.68. The van der Waals surface area contributed by atoms with Crippen molar-refractivity contribution in [3.8, 4) is 5.95 Å². The minimum Gasteiger partial charge on any atom is -0.539 e. The van der Waals surface area contributed by atoms with Crippen LogP contribution in [0.1, 0.15) is 28.8 Å². The molecule has 10 heteroatoms. The molecule has 4 aromatic rings. The van der Waals surface area contributed by atoms with E-state index < -0.39 is 12.0 Å². The molecule has 0 aliphatic carbocycles. The summed E-state index contributed by atoms with van der Waals surface area (Å²) in [5.41, 5.74) is 4.50. The fourth-order valence-corrected chi connectivity index (χ4v) is 4.81. The molecule has 0 radical (unpaired) electrons. The van der Waals surface area contributed by atoms with Crippen molar-refractivity contribution in [2.24, 2.45) is 7.05 Å². The van der Waals surface area contributed by atoms with Crippen molar-refractivity contribution >= 4 is 52.7 Å². The molecule has 1 N–H and O–H groups in total. The number of rotatable bonds is 8. The fraction of sp³-hybridized carbons (Fsp3) is 0.167. The third kappa shape index (κ3) is 5.76. The maximum atomic E-state index is 13.6. The van der Waals surface area contributed by atoms with Gasteiger partial charge >= 0.3 is 0 Å². The zero-order chi connectivity index (χ0) is 28.2. The van der Waals surface area contributed by atoms with Crippen LogP contribution in [0.25, 0.3) is 12.2 Å². The van der Waals surface area contributed by atoms with Crippen LogP contribution in [-0.2, 0) is 23.2 Å². The van der Waals surface area contributed by atoms with Crippen molar-refractivity contribution < 1.29 is 23.9 Å². The molecule has 202 valence electrons. The highest BCUT2D eigenvalue weighted by molar-refractivity contribution is 7.80. The number of carbonyl (C=O) groups is 2. The normalized spacial score (nSPS) is 15.3. The van der Waals surface area contributed by atoms with E-state index in [9.17, 15) is 14.7 Å². The summed E-state index contributed by atoms with van der Waals surface area (Å²) in [6.45, 7) is 1.91. The number of hydrogen-bond donors (Lipinski definition) is 1. The van der Waals surface area contributed by atoms with E-state index in [1.165, 1.54) is 9.58 Å². The van der Waals surface area contributed by atoms with Gasteiger partial charge < -0.3 is 19.8 Å². The minimum absolute atomic E-state index is 0.0356. The van der Waals surface area contributed by atoms with Gasteiger partial charge in [0, 0.05) is 5.69 Å². The summed E-state index contributed by atoms with van der Waals surface area (Å²) in [7, 11) is 1.57. The van der Waals surface area contributed by atoms with Crippen LogP contribution in [0.4, 0.5) is 11.4 Å². The first-order valence-electron chi connectivity index (χ1n) is 12.7. The maximum Gasteiger partial charge on any atom is 0.256 e. The van der Waals surface area contributed by atoms with E-state index in [4.69, 9.17) is 16.7 Å². The number of anilines is 2. The second kappa shape index (κ2) is 11.5. The number of carbonyl (C=O) groups excluding carboxylic acids is 2. The fourth-order valence-electron chi connectivity index (χ4n) is 4.43. The third-order valence-electron chi connectivity index (χ3n) is 6.64. The van der Waals surface area contributed by atoms with Crippen molar-refractivity contribution in [1.82, 2.24) is 10.2 Å². The number of nitrogens with zero attached hydrogens (tertiary/aromatic N) is 4. The summed E-state index contributed by atoms with van der Waals surface area (Å²) in [4.78, 5) is 29.7. The predicted octanol–water partition coefficient (Wildman–Crippen LogP) is 3.58. The summed E-state index contributed by atoms with van der Waals surface area (Å²) in [5.74, 6) is -1.34. The Morgan fingerprint density at radius 1 is 1.05 bits per heavy atom. The lowest BCUT2D eigenvalue weighted by Gasteiger charge is -2.22. The van der Waals surface area contributed by atoms with Gasteiger partial charge in [-0.3, -0.25) is 14.5 Å². The lowest BCUT2D eigenvalue weighted by molar-refractivity contribution is -0.746. The number of aromatic nitrogens is 2. The molecule has 1 aromatic heterocycles. The molecule has 1 atom stereocenters. The quantitative estimate of drug-likeness (QED) is 0.202. The Kier molecular flexibility index (Phi) is 7.70. The van der Waals surface area contributed by atoms with Crippen LogP contribution in [0.5, 0.6) is 5.95 Å². The zero-order valence-electron chi connectivity index (χ0n) is 22.0. The maximum absolute atomic E-state index is 13.6. The first kappa shape index (κ1) is 26.8. The largest absolute Gasteiger partial charge is 0.539 e. The predicted molar refractivity (Wildman–Crippen MR) is 153 cm³/mol. The second-order valence-electron chi connectivity index (χ2n) is 9.48. The molecule has 5 rings (SSSR count). The van der Waals surface area contributed by atoms with Crippen molar-refractivity contribution in [3.05, 3.63) is 101 Å². The van der Waals surface area contributed by atoms with Gasteiger partial charge in [-0.2, -0.15) is 0 Å². The van der Waals surface area contributed by atoms with Gasteiger partial charge in [-0.25, -0.2) is 0 Å². The van der Waals surface area contributed by atoms with Gasteiger partial charge in [-0.15, -0.1) is 0 Å². The van der Waals surface area contributed by atoms with Crippen molar-refractivity contribution in [2.45, 2.75) is 25.9 Å². The van der Waals surface area contributed by atoms with E-state index in [-0.39, 0.29) is 35.6 Å². The highest BCUT2D eigenvalue weighted by Gasteiger charge is 2.45. The third-order valence-corrected chi connectivity index (χ3v) is 7.06. The summed E-state index contributed by atoms with van der Waals surface area (Å²) in [6, 6.07) is 23.8. The van der Waals surface area contributed by atoms with Crippen LogP contribution in [-0.4, -0.2) is 33.1 Å². The van der Waals surface area contributed by atoms with Crippen LogP contribution in [0.15, 0.2) is 83.4 Å². The van der Waals surface area contributed by atoms with Gasteiger partial charge in [-0.05, 0) is 54.5 Å². The highest BCUT2D eigenvalue weighted by Crippen LogP contribution is 2.29. The number of hydrogen-bond acceptors (Lipinski definition) is 6. The van der Waals surface area contributed by atoms with E-state index in [1.54, 1.807) is 36.2 Å². The molecule has 0 bridgehead atoms. The van der Waals surface area contributed by atoms with E-state index in [0.717, 1.165) is 16.7 Å². The van der Waals surface area contributed by atoms with Gasteiger partial charge in [0.1, 0.15) is 12.6 Å². The molecular weight excluding hydrogens is 526 g/mol. The van der Waals surface area contributed by atoms with Crippen molar-refractivity contribution in [1.29, 1.82) is 0 Å². The molecule has 0 spiro atoms. The van der Waals surface area contributed by atoms with E-state index in [2.05, 4.69) is 10.6 Å². The Labute approximate surface area is 236 Å². The number of aryl methyl sites for hydroxylation is 2. The summed E-state index contributed by atoms with van der Waals surface area (Å²) in [6.07, 6.45) is 3.84. The molecule has 1 aliphatic heterocycles. The van der Waals surface area contributed by atoms with Crippen LogP contribution < -0.4 is 20.0 Å². The van der Waals surface area contributed by atoms with E-state index in [1.807, 2.05) is 73.7 Å². The molecule has 9 nitrogen and oxygen atoms in total. The molecule has 3 aromatic carbocycles. The summed E-state index contributed by atoms with van der Waals surface area (Å²) < 4.78 is 6.05. The topological polar surface area (TPSA) is 106 Å². The van der Waals surface area contributed by atoms with Crippen LogP contribution in [0.3, 0.4) is 0 Å². The molecule has 0 saturated carbocycles. The van der Waals surface area contributed by atoms with Gasteiger partial charge in [0.25, 0.3) is 11.6 Å². The van der Waals surface area contributed by atoms with Gasteiger partial charge in [0.05, 0.1) is 17.4 Å². The van der Waals surface area contributed by atoms with Gasteiger partial charge in [0.15, 0.2) is 18.1 Å². The molecule has 1 fully saturated rings. The highest BCUT2D eigenvalue weighted by atomic mass is 32.1. The second-order valence-corrected chi connectivity index (χ2v) is 9.85. The molecule has 2 heterocycles. The van der Waals surface area contributed by atoms with E-state index in [0.29, 0.717) is 11.4 Å². The molecule has 40 heavy (non-hydrogen) atoms. The number of benzene rings is 3. The number of amides is 2. The van der Waals surface area contributed by atoms with Crippen LogP contribution in [0.2, 0.25) is 0 Å². The zero-order valence-corrected chi connectivity index (χ0v) is 22.8. The van der Waals surface area contributed by atoms with Gasteiger partial charge in [0.2, 0.25) is 5.91 Å². The van der Waals surface area contributed by atoms with Crippen LogP contribution >= 0.6 is 12.2 Å². The first-order chi connectivity index (χ1) is 19.3. The Balaban J connectivity index is 1.32. The smallest absolute Gasteiger partial charge is 0.256 e. The Bertz CT molecular complexity index is 1550. The number of thiocarbonyl (C=S) groups is 1. The number of nitrogens with one attached hydrogen (secondary N) is 1. The molecule has 1 aliphatic rings. The van der Waals surface area contributed by atoms with Crippen LogP contribution in [0, 0.1) is 6.92 Å². The SMILES string of the molecule is Cc1ccc(N2C(=O)C(CC(=O)Nc3ccc(/C=C/c4ccccc4)cc3)N(Cc3c([O-])on[n+]3C)C2=S)cc1. The van der Waals surface area contributed by atoms with Gasteiger partial charge in [-0.1, -0.05) is 77.0 Å². The van der Waals surface area contributed by atoms with Crippen molar-refractivity contribution in [3.63, 3.8) is 0 Å². The molecule has 1 saturated heterocycles. The summed E-state index contributed by atoms with van der Waals surface area (Å²) in [5, 5.41) is 18.9. The average Bonchev–Trinajstić information content (AvgIpc) is 3.39. The molecular formula is C30H27N5O4S. The Morgan fingerprint density at radius 3 is 2.33 bits per heavy atom. The minimum atomic E-state index is -0.920. The lowest BCUT2D eigenvalue weighted by Crippen LogP contribution is -2.42. The molecule has 2 amide bonds. The first-order valence-corrected chi connectivity index (χ1v) is 13.1. The lowest BCUT2D eigenvalue weighted by atomic mass is 10.1. The van der Waals surface area contributed by atoms with Crippen molar-refractivity contribution in [2.75, 3.05) is 10.2 Å². The standard InChI is InChI=1S/C30H27N5O4S/c1-20-8-16-24(17-9-20)35-28(37)25(34(30(35)40)19-26-29(38)39-32-33(26)2)18-27(36)31-23-14-12-22(13-15-23)11-10-21-6-4-3-5-7-21/h3-17,25H,18-19H2,1-2H3,(H-,31,32,36,38)/b11-10+. The van der Waals surface area contributed by atoms with E-state index >= 15 is 0 Å². The Morgan fingerprint density at radius 2 is 1.70 bits per heavy atom. The Hall–Kier alpha value is -4.83.